The van der Waals surface area contributed by atoms with Gasteiger partial charge in [0, 0.05) is 48.2 Å². The first-order valence-corrected chi connectivity index (χ1v) is 41.3. The lowest BCUT2D eigenvalue weighted by atomic mass is 9.33. The molecule has 1 aromatic carbocycles. The summed E-state index contributed by atoms with van der Waals surface area (Å²) in [6.45, 7) is 2.18. The number of hydrogen-bond donors (Lipinski definition) is 3. The third kappa shape index (κ3) is 8.97. The largest absolute Gasteiger partial charge is 0.489 e. The number of rotatable bonds is 30. The molecule has 0 amide bonds. The summed E-state index contributed by atoms with van der Waals surface area (Å²) in [5.74, 6) is 21.5. The molecule has 0 aromatic heterocycles. The maximum absolute atomic E-state index is 13.3. The zero-order valence-electron chi connectivity index (χ0n) is 57.4. The maximum Gasteiger partial charge on any atom is 0.476 e. The Bertz CT molecular complexity index is 3520. The third-order valence-electron chi connectivity index (χ3n) is 29.8. The smallest absolute Gasteiger partial charge is 0.476 e. The summed E-state index contributed by atoms with van der Waals surface area (Å²) >= 11 is 0. The zero-order chi connectivity index (χ0) is 65.1. The van der Waals surface area contributed by atoms with Gasteiger partial charge in [0.1, 0.15) is 26.3 Å². The molecule has 0 bridgehead atoms. The Morgan fingerprint density at radius 3 is 1.39 bits per heavy atom. The van der Waals surface area contributed by atoms with Crippen LogP contribution in [0.1, 0.15) is 82.2 Å². The molecule has 13 saturated carbocycles. The number of benzene rings is 1. The Hall–Kier alpha value is -1.99. The SMILES string of the molecule is CN1CC23C4=C5CCC6C7CCC8C9CCC%10C%11CCC%12=C(C=C4)C2(C2C%12C%11C4C%10C9C9C8C7C7C6C5C3C3C7C9C4C32)C1c1ccc(OCCCOP(=O)(O)OCC[N+](C)(C)C)c(OCCCOP(=O)(O)OCC[N+](C)(C)C)c1OCCCOP(=O)(O)OC[N+](C)(C)C. The van der Waals surface area contributed by atoms with Gasteiger partial charge in [0.15, 0.2) is 18.2 Å². The molecular weight excluding hydrogens is 1250 g/mol. The normalized spacial score (nSPS) is 46.4. The van der Waals surface area contributed by atoms with Crippen LogP contribution >= 0.6 is 23.5 Å². The summed E-state index contributed by atoms with van der Waals surface area (Å²) in [6.07, 6.45) is 17.6. The number of likely N-dealkylation sites (N-methyl/N-ethyl adjacent to an activating group) is 2. The van der Waals surface area contributed by atoms with E-state index < -0.39 is 23.5 Å². The minimum Gasteiger partial charge on any atom is -0.489 e. The second-order valence-corrected chi connectivity index (χ2v) is 40.7. The molecule has 94 heavy (non-hydrogen) atoms. The summed E-state index contributed by atoms with van der Waals surface area (Å²) in [6, 6.07) is 4.26. The molecule has 1 aromatic rings. The quantitative estimate of drug-likeness (QED) is 0.0284. The minimum atomic E-state index is -4.40. The van der Waals surface area contributed by atoms with E-state index in [2.05, 4.69) is 36.2 Å². The molecule has 30 unspecified atom stereocenters. The van der Waals surface area contributed by atoms with Crippen molar-refractivity contribution in [2.45, 2.75) is 76.7 Å². The van der Waals surface area contributed by atoms with Crippen molar-refractivity contribution in [3.63, 3.8) is 0 Å². The number of phosphoric acid groups is 3. The average Bonchev–Trinajstić information content (AvgIpc) is 1.42. The van der Waals surface area contributed by atoms with Gasteiger partial charge in [-0.25, -0.2) is 18.2 Å². The molecular formula is C72H108N4O15P3+3. The van der Waals surface area contributed by atoms with Crippen LogP contribution in [0.4, 0.5) is 0 Å². The van der Waals surface area contributed by atoms with Crippen molar-refractivity contribution >= 4 is 23.5 Å². The lowest BCUT2D eigenvalue weighted by Crippen LogP contribution is -2.67. The van der Waals surface area contributed by atoms with Crippen LogP contribution in [0.5, 0.6) is 17.2 Å². The van der Waals surface area contributed by atoms with Crippen molar-refractivity contribution in [1.29, 1.82) is 0 Å². The van der Waals surface area contributed by atoms with Crippen molar-refractivity contribution < 1.29 is 83.2 Å². The van der Waals surface area contributed by atoms with Crippen LogP contribution in [-0.4, -0.2) is 183 Å². The Labute approximate surface area is 557 Å². The fourth-order valence-corrected chi connectivity index (χ4v) is 31.5. The van der Waals surface area contributed by atoms with Crippen LogP contribution in [0.3, 0.4) is 0 Å². The molecule has 1 saturated heterocycles. The molecule has 2 spiro atoms. The lowest BCUT2D eigenvalue weighted by Gasteiger charge is -2.69. The molecule has 17 aliphatic rings. The number of allylic oxidation sites excluding steroid dienone is 4. The first-order chi connectivity index (χ1) is 44.7. The molecule has 18 rings (SSSR count). The molecule has 22 heteroatoms. The average molecular weight is 1360 g/mol. The molecule has 30 atom stereocenters. The molecule has 1 heterocycles. The summed E-state index contributed by atoms with van der Waals surface area (Å²) < 4.78 is 95.4. The van der Waals surface area contributed by atoms with Crippen LogP contribution in [0.2, 0.25) is 0 Å². The molecule has 16 aliphatic carbocycles. The van der Waals surface area contributed by atoms with Gasteiger partial charge in [-0.1, -0.05) is 23.3 Å². The van der Waals surface area contributed by atoms with E-state index in [4.69, 9.17) is 41.4 Å². The van der Waals surface area contributed by atoms with E-state index in [0.717, 1.165) is 125 Å². The van der Waals surface area contributed by atoms with Crippen LogP contribution in [-0.2, 0) is 40.8 Å². The number of phosphoric ester groups is 3. The van der Waals surface area contributed by atoms with Crippen molar-refractivity contribution in [3.05, 3.63) is 52.1 Å². The standard InChI is InChI=1S/C72H105N4O15P3/c1-73-36-71-47-23-24-48-45-21-19-43-41-17-15-39-38-14-16-40-42-18-20-44(47)56-54(42)59-52(40)50(38)58-51(39)53(41)60-55(43)57(45)67(65-63(60)61(58)62(59)64(65)66(56)71)72(48,71)70(73)46-22-25-49(83-28-11-31-86-92(77,78)89-34-26-74(2,3)4)69(85-30-13-32-87-93(79,80)90-35-27-75(5,6)7)68(46)84-29-12-33-88-94(81,82)91-37-76(8,9)10/h22-25,38-43,50-67,70H,11-21,26-37H2,1-10H3/p+3. The fourth-order valence-electron chi connectivity index (χ4n) is 29.1. The van der Waals surface area contributed by atoms with Gasteiger partial charge in [-0.15, -0.1) is 0 Å². The van der Waals surface area contributed by atoms with E-state index in [0.29, 0.717) is 73.4 Å². The highest BCUT2D eigenvalue weighted by Crippen LogP contribution is 2.97. The van der Waals surface area contributed by atoms with Crippen LogP contribution in [0.15, 0.2) is 46.6 Å². The van der Waals surface area contributed by atoms with Gasteiger partial charge in [-0.05, 0) is 224 Å². The first kappa shape index (κ1) is 64.1. The number of hydrogen-bond acceptors (Lipinski definition) is 13. The van der Waals surface area contributed by atoms with E-state index in [1.807, 2.05) is 74.6 Å². The molecule has 0 radical (unpaired) electrons. The third-order valence-corrected chi connectivity index (χ3v) is 32.8. The van der Waals surface area contributed by atoms with Gasteiger partial charge in [0.25, 0.3) is 0 Å². The monoisotopic (exact) mass is 1360 g/mol. The lowest BCUT2D eigenvalue weighted by molar-refractivity contribution is -0.887. The molecule has 518 valence electrons. The van der Waals surface area contributed by atoms with Crippen molar-refractivity contribution in [2.24, 2.45) is 153 Å². The molecule has 1 aliphatic heterocycles. The Morgan fingerprint density at radius 1 is 0.457 bits per heavy atom. The Balaban J connectivity index is 0.754. The van der Waals surface area contributed by atoms with Crippen molar-refractivity contribution in [1.82, 2.24) is 4.90 Å². The van der Waals surface area contributed by atoms with Crippen molar-refractivity contribution in [2.75, 3.05) is 150 Å². The second-order valence-electron chi connectivity index (χ2n) is 36.3. The number of fused-ring (bicyclic) bond motifs is 3. The number of ether oxygens (including phenoxy) is 3. The summed E-state index contributed by atoms with van der Waals surface area (Å²) in [4.78, 5) is 35.2. The van der Waals surface area contributed by atoms with Gasteiger partial charge < -0.3 is 42.3 Å². The first-order valence-electron chi connectivity index (χ1n) is 36.8. The highest BCUT2D eigenvalue weighted by atomic mass is 31.2. The van der Waals surface area contributed by atoms with Crippen LogP contribution in [0, 0.1) is 153 Å². The Morgan fingerprint density at radius 2 is 0.872 bits per heavy atom. The number of likely N-dealkylation sites (tertiary alicyclic amines) is 1. The van der Waals surface area contributed by atoms with E-state index in [1.54, 1.807) is 11.1 Å². The number of quaternary nitrogens is 3. The molecule has 19 nitrogen and oxygen atoms in total. The highest BCUT2D eigenvalue weighted by molar-refractivity contribution is 7.47. The second kappa shape index (κ2) is 21.8. The van der Waals surface area contributed by atoms with E-state index in [9.17, 15) is 28.4 Å². The van der Waals surface area contributed by atoms with E-state index >= 15 is 0 Å². The van der Waals surface area contributed by atoms with Crippen LogP contribution < -0.4 is 14.2 Å². The van der Waals surface area contributed by atoms with Gasteiger partial charge in [-0.2, -0.15) is 0 Å². The van der Waals surface area contributed by atoms with Crippen molar-refractivity contribution in [3.8, 4) is 17.2 Å². The van der Waals surface area contributed by atoms with E-state index in [-0.39, 0.29) is 95.7 Å². The van der Waals surface area contributed by atoms with Gasteiger partial charge in [-0.3, -0.25) is 27.5 Å². The maximum atomic E-state index is 13.3. The van der Waals surface area contributed by atoms with Gasteiger partial charge >= 0.3 is 23.5 Å². The molecule has 3 N–H and O–H groups in total. The summed E-state index contributed by atoms with van der Waals surface area (Å²) in [7, 11) is 6.94. The predicted molar refractivity (Wildman–Crippen MR) is 350 cm³/mol. The summed E-state index contributed by atoms with van der Waals surface area (Å²) in [5.41, 5.74) is 7.97. The highest BCUT2D eigenvalue weighted by Gasteiger charge is 2.93. The topological polar surface area (TPSA) is 198 Å². The minimum absolute atomic E-state index is 0.00661. The fraction of sp³-hybridized carbons (Fsp3) is 0.833. The molecule has 14 fully saturated rings. The van der Waals surface area contributed by atoms with Gasteiger partial charge in [0.2, 0.25) is 5.75 Å². The van der Waals surface area contributed by atoms with E-state index in [1.165, 1.54) is 51.4 Å². The predicted octanol–water partition coefficient (Wildman–Crippen LogP) is 10.7. The number of nitrogens with zero attached hydrogens (tertiary/aromatic N) is 4. The van der Waals surface area contributed by atoms with Crippen LogP contribution in [0.25, 0.3) is 0 Å². The Kier molecular flexibility index (Phi) is 14.9. The summed E-state index contributed by atoms with van der Waals surface area (Å²) in [5, 5.41) is 0. The van der Waals surface area contributed by atoms with Gasteiger partial charge in [0.05, 0.1) is 103 Å². The zero-order valence-corrected chi connectivity index (χ0v) is 60.1.